The van der Waals surface area contributed by atoms with Crippen LogP contribution in [-0.4, -0.2) is 32.8 Å². The van der Waals surface area contributed by atoms with Crippen molar-refractivity contribution >= 4 is 11.6 Å². The highest BCUT2D eigenvalue weighted by Gasteiger charge is 2.53. The molecule has 1 atom stereocenters. The Hall–Kier alpha value is -2.53. The number of unbranched alkanes of at least 4 members (excludes halogenated alkanes) is 1. The van der Waals surface area contributed by atoms with Gasteiger partial charge in [-0.3, -0.25) is 4.79 Å². The largest absolute Gasteiger partial charge is 0.497 e. The molecule has 0 aromatic heterocycles. The number of rotatable bonds is 7. The molecule has 1 unspecified atom stereocenters. The summed E-state index contributed by atoms with van der Waals surface area (Å²) in [7, 11) is 1.65. The number of hydrogen-bond donors (Lipinski definition) is 0. The molecule has 2 aromatic carbocycles. The highest BCUT2D eigenvalue weighted by Crippen LogP contribution is 2.48. The minimum Gasteiger partial charge on any atom is -0.497 e. The Labute approximate surface area is 166 Å². The Kier molecular flexibility index (Phi) is 5.27. The lowest BCUT2D eigenvalue weighted by molar-refractivity contribution is -0.123. The third-order valence-corrected chi connectivity index (χ3v) is 5.72. The van der Waals surface area contributed by atoms with Gasteiger partial charge in [-0.2, -0.15) is 0 Å². The van der Waals surface area contributed by atoms with E-state index in [9.17, 15) is 4.79 Å². The van der Waals surface area contributed by atoms with Gasteiger partial charge in [0.2, 0.25) is 5.91 Å². The van der Waals surface area contributed by atoms with E-state index in [1.54, 1.807) is 7.11 Å². The summed E-state index contributed by atoms with van der Waals surface area (Å²) < 4.78 is 16.8. The number of anilines is 1. The van der Waals surface area contributed by atoms with E-state index in [1.165, 1.54) is 0 Å². The molecular formula is C23H27NO4. The lowest BCUT2D eigenvalue weighted by Crippen LogP contribution is -2.40. The van der Waals surface area contributed by atoms with Crippen molar-refractivity contribution in [3.8, 4) is 11.5 Å². The molecule has 1 saturated heterocycles. The van der Waals surface area contributed by atoms with Gasteiger partial charge < -0.3 is 19.1 Å². The molecule has 2 aromatic rings. The highest BCUT2D eigenvalue weighted by molar-refractivity contribution is 6.08. The number of amides is 1. The summed E-state index contributed by atoms with van der Waals surface area (Å²) in [5, 5.41) is 0. The van der Waals surface area contributed by atoms with Crippen LogP contribution in [0.15, 0.2) is 42.5 Å². The van der Waals surface area contributed by atoms with Crippen molar-refractivity contribution < 1.29 is 19.0 Å². The van der Waals surface area contributed by atoms with Crippen molar-refractivity contribution in [1.29, 1.82) is 0 Å². The van der Waals surface area contributed by atoms with Gasteiger partial charge in [0.25, 0.3) is 0 Å². The van der Waals surface area contributed by atoms with Gasteiger partial charge in [0.15, 0.2) is 0 Å². The average molecular weight is 381 g/mol. The van der Waals surface area contributed by atoms with Gasteiger partial charge >= 0.3 is 0 Å². The molecule has 148 valence electrons. The molecule has 0 aliphatic carbocycles. The van der Waals surface area contributed by atoms with Gasteiger partial charge in [0.05, 0.1) is 32.6 Å². The smallest absolute Gasteiger partial charge is 0.240 e. The van der Waals surface area contributed by atoms with Gasteiger partial charge in [0, 0.05) is 12.7 Å². The lowest BCUT2D eigenvalue weighted by Gasteiger charge is -2.22. The summed E-state index contributed by atoms with van der Waals surface area (Å²) in [6.07, 6.45) is 2.84. The van der Waals surface area contributed by atoms with Crippen LogP contribution < -0.4 is 14.4 Å². The maximum absolute atomic E-state index is 13.5. The molecule has 2 aliphatic heterocycles. The summed E-state index contributed by atoms with van der Waals surface area (Å²) in [4.78, 5) is 15.4. The van der Waals surface area contributed by atoms with Crippen LogP contribution >= 0.6 is 0 Å². The Morgan fingerprint density at radius 2 is 1.93 bits per heavy atom. The van der Waals surface area contributed by atoms with Gasteiger partial charge in [-0.1, -0.05) is 31.5 Å². The van der Waals surface area contributed by atoms with Crippen molar-refractivity contribution in [2.24, 2.45) is 0 Å². The quantitative estimate of drug-likeness (QED) is 0.678. The Bertz CT molecular complexity index is 840. The second-order valence-electron chi connectivity index (χ2n) is 7.51. The predicted molar refractivity (Wildman–Crippen MR) is 108 cm³/mol. The van der Waals surface area contributed by atoms with Gasteiger partial charge in [-0.05, 0) is 42.2 Å². The number of ether oxygens (including phenoxy) is 3. The van der Waals surface area contributed by atoms with Crippen LogP contribution in [0, 0.1) is 0 Å². The molecule has 0 radical (unpaired) electrons. The Balaban J connectivity index is 1.66. The van der Waals surface area contributed by atoms with Crippen LogP contribution in [0.25, 0.3) is 0 Å². The van der Waals surface area contributed by atoms with Gasteiger partial charge in [-0.25, -0.2) is 0 Å². The summed E-state index contributed by atoms with van der Waals surface area (Å²) >= 11 is 0. The average Bonchev–Trinajstić information content (AvgIpc) is 3.30. The first kappa shape index (κ1) is 18.8. The van der Waals surface area contributed by atoms with Crippen molar-refractivity contribution in [3.63, 3.8) is 0 Å². The Morgan fingerprint density at radius 1 is 1.14 bits per heavy atom. The van der Waals surface area contributed by atoms with Crippen molar-refractivity contribution in [2.45, 2.75) is 38.1 Å². The normalized spacial score (nSPS) is 20.6. The molecule has 5 nitrogen and oxygen atoms in total. The molecule has 1 fully saturated rings. The fourth-order valence-electron chi connectivity index (χ4n) is 4.06. The first-order chi connectivity index (χ1) is 13.7. The second kappa shape index (κ2) is 7.84. The second-order valence-corrected chi connectivity index (χ2v) is 7.51. The van der Waals surface area contributed by atoms with Crippen molar-refractivity contribution in [1.82, 2.24) is 0 Å². The van der Waals surface area contributed by atoms with E-state index in [4.69, 9.17) is 14.2 Å². The molecule has 0 bridgehead atoms. The maximum atomic E-state index is 13.5. The zero-order valence-electron chi connectivity index (χ0n) is 16.6. The number of fused-ring (bicyclic) bond motifs is 2. The minimum atomic E-state index is -0.552. The maximum Gasteiger partial charge on any atom is 0.240 e. The topological polar surface area (TPSA) is 48.0 Å². The molecule has 0 saturated carbocycles. The van der Waals surface area contributed by atoms with E-state index >= 15 is 0 Å². The van der Waals surface area contributed by atoms with E-state index in [2.05, 4.69) is 13.0 Å². The molecule has 0 N–H and O–H groups in total. The minimum absolute atomic E-state index is 0.126. The number of carbonyl (C=O) groups excluding carboxylic acids is 1. The molecule has 5 heteroatoms. The van der Waals surface area contributed by atoms with Gasteiger partial charge in [0.1, 0.15) is 16.9 Å². The fourth-order valence-corrected chi connectivity index (χ4v) is 4.06. The number of hydrogen-bond acceptors (Lipinski definition) is 4. The van der Waals surface area contributed by atoms with Crippen molar-refractivity contribution in [3.05, 3.63) is 53.6 Å². The fraction of sp³-hybridized carbons (Fsp3) is 0.435. The molecule has 1 amide bonds. The molecule has 1 spiro atoms. The first-order valence-corrected chi connectivity index (χ1v) is 9.98. The number of carbonyl (C=O) groups is 1. The van der Waals surface area contributed by atoms with E-state index in [0.717, 1.165) is 47.6 Å². The van der Waals surface area contributed by atoms with Crippen LogP contribution in [0.5, 0.6) is 11.5 Å². The van der Waals surface area contributed by atoms with E-state index in [1.807, 2.05) is 41.3 Å². The van der Waals surface area contributed by atoms with Crippen LogP contribution in [0.3, 0.4) is 0 Å². The third kappa shape index (κ3) is 3.24. The van der Waals surface area contributed by atoms with Crippen LogP contribution in [0.2, 0.25) is 0 Å². The van der Waals surface area contributed by atoms with E-state index in [-0.39, 0.29) is 5.91 Å². The standard InChI is InChI=1S/C23H27NO4/c1-3-4-12-28-19-9-10-20-21(14-19)24(22(25)23(20)11-13-27-16-23)15-17-5-7-18(26-2)8-6-17/h5-10,14H,3-4,11-13,15-16H2,1-2H3. The predicted octanol–water partition coefficient (Wildman–Crippen LogP) is 4.08. The Morgan fingerprint density at radius 3 is 2.61 bits per heavy atom. The molecular weight excluding hydrogens is 354 g/mol. The van der Waals surface area contributed by atoms with E-state index in [0.29, 0.717) is 26.4 Å². The zero-order chi connectivity index (χ0) is 19.6. The van der Waals surface area contributed by atoms with Gasteiger partial charge in [-0.15, -0.1) is 0 Å². The summed E-state index contributed by atoms with van der Waals surface area (Å²) in [6.45, 7) is 4.43. The number of methoxy groups -OCH3 is 1. The molecule has 28 heavy (non-hydrogen) atoms. The summed E-state index contributed by atoms with van der Waals surface area (Å²) in [5.41, 5.74) is 2.52. The lowest BCUT2D eigenvalue weighted by atomic mass is 9.81. The van der Waals surface area contributed by atoms with E-state index < -0.39 is 5.41 Å². The SMILES string of the molecule is CCCCOc1ccc2c(c1)N(Cc1ccc(OC)cc1)C(=O)C21CCOC1. The highest BCUT2D eigenvalue weighted by atomic mass is 16.5. The monoisotopic (exact) mass is 381 g/mol. The van der Waals surface area contributed by atoms with Crippen molar-refractivity contribution in [2.75, 3.05) is 31.8 Å². The zero-order valence-corrected chi connectivity index (χ0v) is 16.6. The number of nitrogens with zero attached hydrogens (tertiary/aromatic N) is 1. The van der Waals surface area contributed by atoms with Crippen LogP contribution in [0.4, 0.5) is 5.69 Å². The summed E-state index contributed by atoms with van der Waals surface area (Å²) in [5.74, 6) is 1.75. The molecule has 2 aliphatic rings. The third-order valence-electron chi connectivity index (χ3n) is 5.72. The first-order valence-electron chi connectivity index (χ1n) is 9.98. The molecule has 2 heterocycles. The molecule has 4 rings (SSSR count). The number of benzene rings is 2. The van der Waals surface area contributed by atoms with Crippen LogP contribution in [-0.2, 0) is 21.5 Å². The summed E-state index contributed by atoms with van der Waals surface area (Å²) in [6, 6.07) is 13.9. The van der Waals surface area contributed by atoms with Crippen LogP contribution in [0.1, 0.15) is 37.3 Å².